The van der Waals surface area contributed by atoms with Gasteiger partial charge in [-0.3, -0.25) is 4.79 Å². The number of nitrogens with one attached hydrogen (secondary N) is 1. The van der Waals surface area contributed by atoms with Gasteiger partial charge in [0.1, 0.15) is 5.75 Å². The first-order valence-electron chi connectivity index (χ1n) is 8.34. The van der Waals surface area contributed by atoms with Crippen LogP contribution >= 0.6 is 0 Å². The first-order valence-corrected chi connectivity index (χ1v) is 8.34. The molecule has 0 atom stereocenters. The zero-order valence-corrected chi connectivity index (χ0v) is 13.6. The number of hydrogen-bond acceptors (Lipinski definition) is 3. The second kappa shape index (κ2) is 6.69. The number of carbonyl (C=O) groups is 1. The third kappa shape index (κ3) is 3.43. The van der Waals surface area contributed by atoms with Crippen LogP contribution in [0.2, 0.25) is 0 Å². The third-order valence-corrected chi connectivity index (χ3v) is 5.05. The Hall–Kier alpha value is -1.55. The molecule has 1 N–H and O–H groups in total. The van der Waals surface area contributed by atoms with Gasteiger partial charge in [-0.05, 0) is 69.5 Å². The van der Waals surface area contributed by atoms with Crippen LogP contribution in [0.15, 0.2) is 18.2 Å². The fourth-order valence-corrected chi connectivity index (χ4v) is 3.53. The van der Waals surface area contributed by atoms with E-state index in [1.54, 1.807) is 0 Å². The number of benzene rings is 1. The maximum atomic E-state index is 12.3. The number of hydrogen-bond donors (Lipinski definition) is 1. The van der Waals surface area contributed by atoms with Crippen LogP contribution in [0.3, 0.4) is 0 Å². The molecule has 22 heavy (non-hydrogen) atoms. The summed E-state index contributed by atoms with van der Waals surface area (Å²) >= 11 is 0. The summed E-state index contributed by atoms with van der Waals surface area (Å²) in [4.78, 5) is 14.6. The average molecular weight is 302 g/mol. The summed E-state index contributed by atoms with van der Waals surface area (Å²) in [5, 5.41) is 3.11. The van der Waals surface area contributed by atoms with Crippen molar-refractivity contribution in [3.05, 3.63) is 29.3 Å². The minimum absolute atomic E-state index is 0.0458. The highest BCUT2D eigenvalue weighted by atomic mass is 16.5. The van der Waals surface area contributed by atoms with Gasteiger partial charge in [0.2, 0.25) is 0 Å². The Morgan fingerprint density at radius 3 is 2.77 bits per heavy atom. The summed E-state index contributed by atoms with van der Waals surface area (Å²) < 4.78 is 5.48. The van der Waals surface area contributed by atoms with Crippen molar-refractivity contribution in [3.63, 3.8) is 0 Å². The lowest BCUT2D eigenvalue weighted by Crippen LogP contribution is -2.36. The van der Waals surface area contributed by atoms with E-state index in [0.717, 1.165) is 36.4 Å². The Bertz CT molecular complexity index is 534. The van der Waals surface area contributed by atoms with E-state index in [-0.39, 0.29) is 5.91 Å². The average Bonchev–Trinajstić information content (AvgIpc) is 3.00. The topological polar surface area (TPSA) is 41.6 Å². The number of nitrogens with zero attached hydrogens (tertiary/aromatic N) is 1. The second-order valence-electron chi connectivity index (χ2n) is 6.77. The molecule has 1 fully saturated rings. The van der Waals surface area contributed by atoms with Gasteiger partial charge in [-0.25, -0.2) is 0 Å². The maximum absolute atomic E-state index is 12.3. The number of carbonyl (C=O) groups excluding carboxylic acids is 1. The first-order chi connectivity index (χ1) is 10.6. The molecule has 0 saturated heterocycles. The summed E-state index contributed by atoms with van der Waals surface area (Å²) in [7, 11) is 4.31. The maximum Gasteiger partial charge on any atom is 0.251 e. The van der Waals surface area contributed by atoms with E-state index in [1.807, 2.05) is 18.2 Å². The fourth-order valence-electron chi connectivity index (χ4n) is 3.53. The molecule has 1 aromatic carbocycles. The smallest absolute Gasteiger partial charge is 0.251 e. The molecule has 1 heterocycles. The molecule has 2 aliphatic rings. The van der Waals surface area contributed by atoms with Crippen molar-refractivity contribution < 1.29 is 9.53 Å². The molecule has 0 bridgehead atoms. The van der Waals surface area contributed by atoms with Gasteiger partial charge in [0.25, 0.3) is 5.91 Å². The lowest BCUT2D eigenvalue weighted by molar-refractivity contribution is 0.0938. The summed E-state index contributed by atoms with van der Waals surface area (Å²) in [5.41, 5.74) is 1.91. The molecule has 1 amide bonds. The van der Waals surface area contributed by atoms with Crippen molar-refractivity contribution in [3.8, 4) is 5.75 Å². The molecule has 1 aliphatic carbocycles. The molecule has 4 heteroatoms. The predicted molar refractivity (Wildman–Crippen MR) is 87.4 cm³/mol. The van der Waals surface area contributed by atoms with Gasteiger partial charge in [0.05, 0.1) is 6.61 Å². The van der Waals surface area contributed by atoms with Gasteiger partial charge in [-0.2, -0.15) is 0 Å². The lowest BCUT2D eigenvalue weighted by atomic mass is 9.85. The Morgan fingerprint density at radius 1 is 1.27 bits per heavy atom. The van der Waals surface area contributed by atoms with Crippen molar-refractivity contribution in [1.82, 2.24) is 10.2 Å². The highest BCUT2D eigenvalue weighted by Gasteiger charge is 2.23. The van der Waals surface area contributed by atoms with E-state index < -0.39 is 0 Å². The summed E-state index contributed by atoms with van der Waals surface area (Å²) in [6.45, 7) is 1.53. The van der Waals surface area contributed by atoms with E-state index in [2.05, 4.69) is 24.3 Å². The molecule has 1 saturated carbocycles. The lowest BCUT2D eigenvalue weighted by Gasteiger charge is -2.32. The number of ether oxygens (including phenoxy) is 1. The summed E-state index contributed by atoms with van der Waals surface area (Å²) in [6, 6.07) is 6.46. The molecule has 3 rings (SSSR count). The predicted octanol–water partition coefficient (Wildman–Crippen LogP) is 2.47. The normalized spacial score (nSPS) is 24.0. The van der Waals surface area contributed by atoms with E-state index in [9.17, 15) is 4.79 Å². The standard InChI is InChI=1S/C18H26N2O2/c1-20(2)16-6-3-13(4-7-16)12-19-18(21)15-5-8-17-14(11-15)9-10-22-17/h5,8,11,13,16H,3-4,6-7,9-10,12H2,1-2H3,(H,19,21). The molecule has 1 aromatic rings. The Labute approximate surface area is 132 Å². The minimum Gasteiger partial charge on any atom is -0.493 e. The quantitative estimate of drug-likeness (QED) is 0.929. The van der Waals surface area contributed by atoms with E-state index in [4.69, 9.17) is 4.74 Å². The molecule has 0 spiro atoms. The summed E-state index contributed by atoms with van der Waals surface area (Å²) in [5.74, 6) is 1.60. The zero-order chi connectivity index (χ0) is 15.5. The third-order valence-electron chi connectivity index (χ3n) is 5.05. The highest BCUT2D eigenvalue weighted by Crippen LogP contribution is 2.27. The Balaban J connectivity index is 1.49. The molecule has 1 aliphatic heterocycles. The van der Waals surface area contributed by atoms with Crippen molar-refractivity contribution in [2.24, 2.45) is 5.92 Å². The first kappa shape index (κ1) is 15.3. The second-order valence-corrected chi connectivity index (χ2v) is 6.77. The van der Waals surface area contributed by atoms with Gasteiger partial charge in [0.15, 0.2) is 0 Å². The van der Waals surface area contributed by atoms with Crippen LogP contribution in [-0.4, -0.2) is 44.1 Å². The summed E-state index contributed by atoms with van der Waals surface area (Å²) in [6.07, 6.45) is 5.81. The van der Waals surface area contributed by atoms with Crippen molar-refractivity contribution in [2.75, 3.05) is 27.2 Å². The molecule has 4 nitrogen and oxygen atoms in total. The van der Waals surface area contributed by atoms with Gasteiger partial charge in [-0.15, -0.1) is 0 Å². The van der Waals surface area contributed by atoms with Crippen LogP contribution in [0.5, 0.6) is 5.75 Å². The molecule has 0 unspecified atom stereocenters. The van der Waals surface area contributed by atoms with E-state index >= 15 is 0 Å². The number of amides is 1. The van der Waals surface area contributed by atoms with Crippen molar-refractivity contribution in [2.45, 2.75) is 38.1 Å². The molecule has 120 valence electrons. The van der Waals surface area contributed by atoms with E-state index in [1.165, 1.54) is 25.7 Å². The van der Waals surface area contributed by atoms with E-state index in [0.29, 0.717) is 12.0 Å². The van der Waals surface area contributed by atoms with Crippen LogP contribution in [0, 0.1) is 5.92 Å². The van der Waals surface area contributed by atoms with Crippen LogP contribution in [0.25, 0.3) is 0 Å². The van der Waals surface area contributed by atoms with Gasteiger partial charge >= 0.3 is 0 Å². The minimum atomic E-state index is 0.0458. The molecular formula is C18H26N2O2. The Kier molecular flexibility index (Phi) is 4.67. The van der Waals surface area contributed by atoms with Crippen LogP contribution in [0.1, 0.15) is 41.6 Å². The number of fused-ring (bicyclic) bond motifs is 1. The van der Waals surface area contributed by atoms with Crippen LogP contribution in [-0.2, 0) is 6.42 Å². The van der Waals surface area contributed by atoms with Crippen molar-refractivity contribution >= 4 is 5.91 Å². The number of rotatable bonds is 4. The Morgan fingerprint density at radius 2 is 2.05 bits per heavy atom. The monoisotopic (exact) mass is 302 g/mol. The van der Waals surface area contributed by atoms with Crippen LogP contribution in [0.4, 0.5) is 0 Å². The SMILES string of the molecule is CN(C)C1CCC(CNC(=O)c2ccc3c(c2)CCO3)CC1. The van der Waals surface area contributed by atoms with Crippen LogP contribution < -0.4 is 10.1 Å². The molecule has 0 aromatic heterocycles. The van der Waals surface area contributed by atoms with Gasteiger partial charge in [-0.1, -0.05) is 0 Å². The fraction of sp³-hybridized carbons (Fsp3) is 0.611. The largest absolute Gasteiger partial charge is 0.493 e. The zero-order valence-electron chi connectivity index (χ0n) is 13.6. The molecule has 0 radical (unpaired) electrons. The van der Waals surface area contributed by atoms with Gasteiger partial charge < -0.3 is 15.0 Å². The highest BCUT2D eigenvalue weighted by molar-refractivity contribution is 5.94. The van der Waals surface area contributed by atoms with Gasteiger partial charge in [0, 0.05) is 24.6 Å². The molecular weight excluding hydrogens is 276 g/mol. The van der Waals surface area contributed by atoms with Crippen molar-refractivity contribution in [1.29, 1.82) is 0 Å².